The number of carbonyl (C=O) groups excluding carboxylic acids is 1. The zero-order valence-corrected chi connectivity index (χ0v) is 38.9. The molecule has 11 nitrogen and oxygen atoms in total. The zero-order chi connectivity index (χ0) is 48.9. The number of hydrogen-bond donors (Lipinski definition) is 4. The molecule has 20 heteroatoms. The lowest BCUT2D eigenvalue weighted by Gasteiger charge is -2.36. The van der Waals surface area contributed by atoms with Crippen LogP contribution < -0.4 is 14.9 Å². The van der Waals surface area contributed by atoms with Crippen LogP contribution in [0.2, 0.25) is 0 Å². The second-order valence-electron chi connectivity index (χ2n) is 16.8. The summed E-state index contributed by atoms with van der Waals surface area (Å²) in [5.74, 6) is -0.995. The first kappa shape index (κ1) is 50.7. The van der Waals surface area contributed by atoms with Gasteiger partial charge in [0, 0.05) is 53.6 Å². The number of piperidine rings is 1. The van der Waals surface area contributed by atoms with Crippen molar-refractivity contribution < 1.29 is 58.2 Å². The third-order valence-electron chi connectivity index (χ3n) is 12.4. The number of halogens is 6. The van der Waals surface area contributed by atoms with E-state index < -0.39 is 70.6 Å². The number of hydrogen-bond acceptors (Lipinski definition) is 11. The number of sulfone groups is 1. The third-order valence-corrected chi connectivity index (χ3v) is 16.4. The SMILES string of the molecule is O=C(NS(=O)(=O)c1ccc(NC(CSc2ccccc2)CC2CCCN2CCO)c(S(=O)(=O)C(F)(F)F)c1)c1ccc(N2CCC([C@@H](O)c3ccccc3-c3ccc(C(F)(F)F)cc3)CC2)cc1. The molecule has 0 spiro atoms. The number of aliphatic hydroxyl groups is 2. The van der Waals surface area contributed by atoms with Crippen molar-refractivity contribution in [2.45, 2.75) is 76.7 Å². The van der Waals surface area contributed by atoms with Gasteiger partial charge in [0.05, 0.1) is 28.9 Å². The van der Waals surface area contributed by atoms with Crippen molar-refractivity contribution in [1.82, 2.24) is 9.62 Å². The predicted molar refractivity (Wildman–Crippen MR) is 248 cm³/mol. The number of aliphatic hydroxyl groups excluding tert-OH is 2. The molecule has 0 aliphatic carbocycles. The molecule has 2 heterocycles. The predicted octanol–water partition coefficient (Wildman–Crippen LogP) is 9.15. The van der Waals surface area contributed by atoms with Gasteiger partial charge in [-0.25, -0.2) is 21.6 Å². The lowest BCUT2D eigenvalue weighted by molar-refractivity contribution is -0.137. The molecular formula is C48H50F6N4O7S3. The van der Waals surface area contributed by atoms with Crippen molar-refractivity contribution in [3.63, 3.8) is 0 Å². The topological polar surface area (TPSA) is 156 Å². The normalized spacial score (nSPS) is 17.5. The van der Waals surface area contributed by atoms with E-state index in [1.54, 1.807) is 36.4 Å². The van der Waals surface area contributed by atoms with Gasteiger partial charge in [0.1, 0.15) is 4.90 Å². The fourth-order valence-electron chi connectivity index (χ4n) is 8.80. The molecule has 2 aliphatic heterocycles. The second-order valence-corrected chi connectivity index (χ2v) is 21.5. The van der Waals surface area contributed by atoms with Gasteiger partial charge in [-0.2, -0.15) is 26.3 Å². The molecule has 68 heavy (non-hydrogen) atoms. The Morgan fingerprint density at radius 1 is 0.794 bits per heavy atom. The van der Waals surface area contributed by atoms with Gasteiger partial charge in [-0.3, -0.25) is 9.69 Å². The number of likely N-dealkylation sites (tertiary alicyclic amines) is 1. The monoisotopic (exact) mass is 1000 g/mol. The summed E-state index contributed by atoms with van der Waals surface area (Å²) in [4.78, 5) is 16.1. The maximum absolute atomic E-state index is 14.2. The summed E-state index contributed by atoms with van der Waals surface area (Å²) in [7, 11) is -11.1. The highest BCUT2D eigenvalue weighted by Crippen LogP contribution is 2.40. The van der Waals surface area contributed by atoms with E-state index in [9.17, 15) is 58.2 Å². The van der Waals surface area contributed by atoms with Crippen LogP contribution >= 0.6 is 11.8 Å². The van der Waals surface area contributed by atoms with E-state index >= 15 is 0 Å². The average Bonchev–Trinajstić information content (AvgIpc) is 3.76. The first-order valence-electron chi connectivity index (χ1n) is 21.9. The molecule has 2 aliphatic rings. The van der Waals surface area contributed by atoms with Crippen LogP contribution in [0.5, 0.6) is 0 Å². The van der Waals surface area contributed by atoms with Crippen molar-refractivity contribution in [2.24, 2.45) is 5.92 Å². The highest BCUT2D eigenvalue weighted by Gasteiger charge is 2.48. The lowest BCUT2D eigenvalue weighted by Crippen LogP contribution is -2.38. The molecule has 0 radical (unpaired) electrons. The smallest absolute Gasteiger partial charge is 0.395 e. The lowest BCUT2D eigenvalue weighted by atomic mass is 9.84. The Kier molecular flexibility index (Phi) is 15.9. The zero-order valence-electron chi connectivity index (χ0n) is 36.5. The number of carbonyl (C=O) groups is 1. The van der Waals surface area contributed by atoms with E-state index in [2.05, 4.69) is 10.2 Å². The van der Waals surface area contributed by atoms with Gasteiger partial charge >= 0.3 is 11.7 Å². The number of rotatable bonds is 17. The standard InChI is InChI=1S/C48H50F6N4O7S3/c49-47(50,51)35-16-12-32(13-17-35)41-10-4-5-11-42(41)45(60)33-22-25-58(26-23-33)37-18-14-34(15-19-37)46(61)56-68(64,65)40-20-21-43(44(30-40)67(62,63)48(52,53)54)55-36(31-66-39-8-2-1-3-9-39)29-38-7-6-24-57(38)27-28-59/h1-5,8-21,30,33,36,38,45,55,59-60H,6-7,22-29,31H2,(H,56,61)/t36?,38?,45-/m1/s1. The fourth-order valence-corrected chi connectivity index (χ4v) is 11.8. The van der Waals surface area contributed by atoms with Crippen LogP contribution in [0.25, 0.3) is 11.1 Å². The first-order valence-corrected chi connectivity index (χ1v) is 25.8. The molecule has 364 valence electrons. The van der Waals surface area contributed by atoms with E-state index in [4.69, 9.17) is 0 Å². The number of thioether (sulfide) groups is 1. The highest BCUT2D eigenvalue weighted by molar-refractivity contribution is 7.99. The van der Waals surface area contributed by atoms with E-state index in [0.717, 1.165) is 42.0 Å². The number of nitrogens with one attached hydrogen (secondary N) is 2. The Bertz CT molecular complexity index is 2740. The molecule has 5 aromatic carbocycles. The Morgan fingerprint density at radius 2 is 1.46 bits per heavy atom. The molecule has 7 rings (SSSR count). The molecule has 4 N–H and O–H groups in total. The maximum atomic E-state index is 14.2. The summed E-state index contributed by atoms with van der Waals surface area (Å²) >= 11 is 1.41. The fraction of sp³-hybridized carbons (Fsp3) is 0.354. The van der Waals surface area contributed by atoms with Crippen molar-refractivity contribution in [1.29, 1.82) is 0 Å². The van der Waals surface area contributed by atoms with Crippen LogP contribution in [0.3, 0.4) is 0 Å². The van der Waals surface area contributed by atoms with E-state index in [0.29, 0.717) is 79.6 Å². The number of sulfonamides is 1. The Morgan fingerprint density at radius 3 is 2.10 bits per heavy atom. The van der Waals surface area contributed by atoms with Gasteiger partial charge in [-0.15, -0.1) is 11.8 Å². The first-order chi connectivity index (χ1) is 32.2. The van der Waals surface area contributed by atoms with Crippen LogP contribution in [0.1, 0.15) is 59.7 Å². The summed E-state index contributed by atoms with van der Waals surface area (Å²) in [5.41, 5.74) is -4.72. The van der Waals surface area contributed by atoms with Crippen LogP contribution in [-0.4, -0.2) is 94.0 Å². The molecule has 2 saturated heterocycles. The van der Waals surface area contributed by atoms with Crippen LogP contribution in [0.4, 0.5) is 37.7 Å². The van der Waals surface area contributed by atoms with Gasteiger partial charge in [0.15, 0.2) is 0 Å². The van der Waals surface area contributed by atoms with Gasteiger partial charge in [-0.05, 0) is 128 Å². The van der Waals surface area contributed by atoms with Crippen LogP contribution in [-0.2, 0) is 26.0 Å². The quantitative estimate of drug-likeness (QED) is 0.0521. The van der Waals surface area contributed by atoms with Gasteiger partial charge in [-0.1, -0.05) is 54.6 Å². The number of benzene rings is 5. The average molecular weight is 1010 g/mol. The second kappa shape index (κ2) is 21.3. The maximum Gasteiger partial charge on any atom is 0.501 e. The Balaban J connectivity index is 1.03. The van der Waals surface area contributed by atoms with E-state index in [1.165, 1.54) is 36.0 Å². The van der Waals surface area contributed by atoms with Crippen molar-refractivity contribution in [2.75, 3.05) is 48.8 Å². The molecule has 1 amide bonds. The summed E-state index contributed by atoms with van der Waals surface area (Å²) < 4.78 is 137. The minimum absolute atomic E-state index is 0.0592. The van der Waals surface area contributed by atoms with Gasteiger partial charge in [0.25, 0.3) is 25.8 Å². The summed E-state index contributed by atoms with van der Waals surface area (Å²) in [5, 5.41) is 24.1. The van der Waals surface area contributed by atoms with E-state index in [1.807, 2.05) is 40.0 Å². The number of β-amino-alcohol motifs (C(OH)–C–C–N with tert-alkyl or cyclic N) is 1. The Labute approximate surface area is 395 Å². The molecule has 2 fully saturated rings. The summed E-state index contributed by atoms with van der Waals surface area (Å²) in [6.45, 7) is 2.00. The molecule has 0 aromatic heterocycles. The number of alkyl halides is 6. The minimum Gasteiger partial charge on any atom is -0.395 e. The summed E-state index contributed by atoms with van der Waals surface area (Å²) in [6.07, 6.45) is -2.34. The van der Waals surface area contributed by atoms with Gasteiger partial charge in [0.2, 0.25) is 0 Å². The van der Waals surface area contributed by atoms with Crippen LogP contribution in [0.15, 0.2) is 136 Å². The molecule has 0 saturated carbocycles. The van der Waals surface area contributed by atoms with E-state index in [-0.39, 0.29) is 24.1 Å². The van der Waals surface area contributed by atoms with Gasteiger partial charge < -0.3 is 20.4 Å². The molecule has 3 atom stereocenters. The molecule has 2 unspecified atom stereocenters. The Hall–Kier alpha value is -5.12. The van der Waals surface area contributed by atoms with Crippen molar-refractivity contribution in [3.05, 3.63) is 138 Å². The highest BCUT2D eigenvalue weighted by atomic mass is 32.2. The van der Waals surface area contributed by atoms with Crippen molar-refractivity contribution >= 4 is 48.9 Å². The third kappa shape index (κ3) is 12.0. The number of nitrogens with zero attached hydrogens (tertiary/aromatic N) is 2. The minimum atomic E-state index is -6.13. The summed E-state index contributed by atoms with van der Waals surface area (Å²) in [6, 6.07) is 28.5. The number of anilines is 2. The number of amides is 1. The molecular weight excluding hydrogens is 955 g/mol. The van der Waals surface area contributed by atoms with Crippen LogP contribution in [0, 0.1) is 5.92 Å². The molecule has 0 bridgehead atoms. The van der Waals surface area contributed by atoms with Crippen molar-refractivity contribution in [3.8, 4) is 11.1 Å². The largest absolute Gasteiger partial charge is 0.501 e. The molecule has 5 aromatic rings.